The highest BCUT2D eigenvalue weighted by atomic mass is 16.5. The van der Waals surface area contributed by atoms with E-state index >= 15 is 0 Å². The number of benzene rings is 4. The molecule has 164 valence electrons. The van der Waals surface area contributed by atoms with Crippen LogP contribution in [0, 0.1) is 0 Å². The molecule has 4 rings (SSSR count). The van der Waals surface area contributed by atoms with Crippen LogP contribution in [0.3, 0.4) is 0 Å². The van der Waals surface area contributed by atoms with Crippen molar-refractivity contribution < 1.29 is 28.5 Å². The minimum atomic E-state index is -0.548. The minimum absolute atomic E-state index is 0.198. The lowest BCUT2D eigenvalue weighted by Gasteiger charge is -2.12. The van der Waals surface area contributed by atoms with Crippen LogP contribution in [0.2, 0.25) is 0 Å². The Labute approximate surface area is 185 Å². The lowest BCUT2D eigenvalue weighted by Crippen LogP contribution is -2.14. The number of carbonyl (C=O) groups excluding carboxylic acids is 2. The quantitative estimate of drug-likeness (QED) is 0.295. The van der Waals surface area contributed by atoms with E-state index in [0.717, 1.165) is 32.3 Å². The van der Waals surface area contributed by atoms with Gasteiger partial charge in [0.15, 0.2) is 11.5 Å². The van der Waals surface area contributed by atoms with Crippen LogP contribution in [0.15, 0.2) is 48.5 Å². The van der Waals surface area contributed by atoms with E-state index in [2.05, 4.69) is 12.1 Å². The van der Waals surface area contributed by atoms with Crippen molar-refractivity contribution >= 4 is 44.3 Å². The standard InChI is InChI=1S/C26H24O6/c1-5-31-25(27)21-11-17-7-15-9-19-13-23(29-3)24(30-4)14-20(19)10-16(15)8-18(17)12-22(21)26(28)32-6-2/h7-14H,5-6H2,1-4H3. The number of esters is 2. The van der Waals surface area contributed by atoms with Gasteiger partial charge >= 0.3 is 11.9 Å². The first kappa shape index (κ1) is 21.4. The maximum Gasteiger partial charge on any atom is 0.339 e. The minimum Gasteiger partial charge on any atom is -0.493 e. The summed E-state index contributed by atoms with van der Waals surface area (Å²) in [6, 6.07) is 15.4. The predicted molar refractivity (Wildman–Crippen MR) is 124 cm³/mol. The van der Waals surface area contributed by atoms with E-state index < -0.39 is 11.9 Å². The van der Waals surface area contributed by atoms with Crippen LogP contribution < -0.4 is 9.47 Å². The molecule has 4 aromatic carbocycles. The second kappa shape index (κ2) is 8.75. The van der Waals surface area contributed by atoms with Gasteiger partial charge in [-0.2, -0.15) is 0 Å². The summed E-state index contributed by atoms with van der Waals surface area (Å²) in [6.07, 6.45) is 0. The molecule has 0 amide bonds. The Hall–Kier alpha value is -3.80. The Morgan fingerprint density at radius 2 is 0.875 bits per heavy atom. The Morgan fingerprint density at radius 3 is 1.19 bits per heavy atom. The fourth-order valence-corrected chi connectivity index (χ4v) is 3.89. The van der Waals surface area contributed by atoms with Gasteiger partial charge in [0.25, 0.3) is 0 Å². The molecule has 0 aliphatic rings. The molecule has 4 aromatic rings. The molecule has 0 heterocycles. The smallest absolute Gasteiger partial charge is 0.339 e. The molecule has 0 radical (unpaired) electrons. The van der Waals surface area contributed by atoms with Crippen molar-refractivity contribution in [3.63, 3.8) is 0 Å². The van der Waals surface area contributed by atoms with E-state index in [-0.39, 0.29) is 24.3 Å². The summed E-state index contributed by atoms with van der Waals surface area (Å²) in [5.41, 5.74) is 0.397. The highest BCUT2D eigenvalue weighted by Gasteiger charge is 2.20. The number of methoxy groups -OCH3 is 2. The maximum absolute atomic E-state index is 12.5. The van der Waals surface area contributed by atoms with Gasteiger partial charge in [0.05, 0.1) is 38.6 Å². The molecule has 0 atom stereocenters. The van der Waals surface area contributed by atoms with Gasteiger partial charge in [0.1, 0.15) is 0 Å². The van der Waals surface area contributed by atoms with E-state index in [9.17, 15) is 9.59 Å². The Bertz CT molecular complexity index is 1250. The second-order valence-corrected chi connectivity index (χ2v) is 7.29. The molecule has 0 fully saturated rings. The Morgan fingerprint density at radius 1 is 0.562 bits per heavy atom. The molecule has 0 unspecified atom stereocenters. The third-order valence-corrected chi connectivity index (χ3v) is 5.38. The van der Waals surface area contributed by atoms with Crippen LogP contribution in [0.25, 0.3) is 32.3 Å². The molecule has 32 heavy (non-hydrogen) atoms. The maximum atomic E-state index is 12.5. The van der Waals surface area contributed by atoms with Gasteiger partial charge in [-0.3, -0.25) is 0 Å². The molecular weight excluding hydrogens is 408 g/mol. The van der Waals surface area contributed by atoms with Crippen LogP contribution in [-0.4, -0.2) is 39.4 Å². The highest BCUT2D eigenvalue weighted by Crippen LogP contribution is 2.35. The first-order chi connectivity index (χ1) is 15.5. The van der Waals surface area contributed by atoms with Crippen molar-refractivity contribution in [3.05, 3.63) is 59.7 Å². The summed E-state index contributed by atoms with van der Waals surface area (Å²) in [5.74, 6) is 0.216. The fourth-order valence-electron chi connectivity index (χ4n) is 3.89. The molecule has 0 aliphatic carbocycles. The van der Waals surface area contributed by atoms with Gasteiger partial charge in [-0.15, -0.1) is 0 Å². The van der Waals surface area contributed by atoms with Crippen molar-refractivity contribution in [2.24, 2.45) is 0 Å². The third kappa shape index (κ3) is 3.80. The number of hydrogen-bond donors (Lipinski definition) is 0. The zero-order valence-electron chi connectivity index (χ0n) is 18.5. The van der Waals surface area contributed by atoms with Crippen LogP contribution in [0.5, 0.6) is 11.5 Å². The molecule has 0 saturated carbocycles. The summed E-state index contributed by atoms with van der Waals surface area (Å²) in [5, 5.41) is 5.65. The monoisotopic (exact) mass is 432 g/mol. The Kier molecular flexibility index (Phi) is 5.86. The van der Waals surface area contributed by atoms with Gasteiger partial charge in [0, 0.05) is 0 Å². The number of rotatable bonds is 6. The third-order valence-electron chi connectivity index (χ3n) is 5.38. The normalized spacial score (nSPS) is 11.0. The lowest BCUT2D eigenvalue weighted by atomic mass is 9.96. The first-order valence-electron chi connectivity index (χ1n) is 10.4. The molecule has 0 saturated heterocycles. The highest BCUT2D eigenvalue weighted by molar-refractivity contribution is 6.11. The fraction of sp³-hybridized carbons (Fsp3) is 0.231. The summed E-state index contributed by atoms with van der Waals surface area (Å²) in [6.45, 7) is 3.89. The molecular formula is C26H24O6. The molecule has 0 bridgehead atoms. The van der Waals surface area contributed by atoms with E-state index in [0.29, 0.717) is 11.5 Å². The van der Waals surface area contributed by atoms with E-state index in [1.54, 1.807) is 40.2 Å². The van der Waals surface area contributed by atoms with Crippen molar-refractivity contribution in [1.29, 1.82) is 0 Å². The molecule has 0 aliphatic heterocycles. The van der Waals surface area contributed by atoms with Crippen molar-refractivity contribution in [2.75, 3.05) is 27.4 Å². The summed E-state index contributed by atoms with van der Waals surface area (Å²) in [4.78, 5) is 25.1. The summed E-state index contributed by atoms with van der Waals surface area (Å²) < 4.78 is 21.2. The van der Waals surface area contributed by atoms with Gasteiger partial charge in [-0.05, 0) is 94.7 Å². The molecule has 0 N–H and O–H groups in total. The predicted octanol–water partition coefficient (Wildman–Crippen LogP) is 5.52. The zero-order chi connectivity index (χ0) is 22.8. The topological polar surface area (TPSA) is 71.1 Å². The van der Waals surface area contributed by atoms with E-state index in [4.69, 9.17) is 18.9 Å². The largest absolute Gasteiger partial charge is 0.493 e. The van der Waals surface area contributed by atoms with Crippen molar-refractivity contribution in [1.82, 2.24) is 0 Å². The van der Waals surface area contributed by atoms with Gasteiger partial charge in [0.2, 0.25) is 0 Å². The SMILES string of the molecule is CCOC(=O)c1cc2cc3cc4cc(OC)c(OC)cc4cc3cc2cc1C(=O)OCC. The molecule has 0 aromatic heterocycles. The summed E-state index contributed by atoms with van der Waals surface area (Å²) in [7, 11) is 3.21. The lowest BCUT2D eigenvalue weighted by molar-refractivity contribution is 0.0479. The van der Waals surface area contributed by atoms with E-state index in [1.165, 1.54) is 0 Å². The van der Waals surface area contributed by atoms with Gasteiger partial charge in [-0.1, -0.05) is 0 Å². The number of hydrogen-bond acceptors (Lipinski definition) is 6. The zero-order valence-corrected chi connectivity index (χ0v) is 18.5. The second-order valence-electron chi connectivity index (χ2n) is 7.29. The number of fused-ring (bicyclic) bond motifs is 3. The average Bonchev–Trinajstić information content (AvgIpc) is 2.79. The van der Waals surface area contributed by atoms with E-state index in [1.807, 2.05) is 24.3 Å². The van der Waals surface area contributed by atoms with Crippen LogP contribution >= 0.6 is 0 Å². The van der Waals surface area contributed by atoms with Crippen LogP contribution in [-0.2, 0) is 9.47 Å². The number of ether oxygens (including phenoxy) is 4. The van der Waals surface area contributed by atoms with Crippen molar-refractivity contribution in [2.45, 2.75) is 13.8 Å². The van der Waals surface area contributed by atoms with Crippen LogP contribution in [0.1, 0.15) is 34.6 Å². The molecule has 6 nitrogen and oxygen atoms in total. The van der Waals surface area contributed by atoms with Crippen LogP contribution in [0.4, 0.5) is 0 Å². The van der Waals surface area contributed by atoms with Crippen molar-refractivity contribution in [3.8, 4) is 11.5 Å². The summed E-state index contributed by atoms with van der Waals surface area (Å²) >= 11 is 0. The average molecular weight is 432 g/mol. The van der Waals surface area contributed by atoms with Gasteiger partial charge < -0.3 is 18.9 Å². The van der Waals surface area contributed by atoms with Gasteiger partial charge in [-0.25, -0.2) is 9.59 Å². The Balaban J connectivity index is 1.96. The number of carbonyl (C=O) groups is 2. The molecule has 0 spiro atoms. The molecule has 6 heteroatoms. The first-order valence-corrected chi connectivity index (χ1v) is 10.4.